The number of piperidine rings is 3. The normalized spacial score (nSPS) is 22.8. The number of hydrogen-bond donors (Lipinski definition) is 2. The highest BCUT2D eigenvalue weighted by Gasteiger charge is 2.50. The number of benzene rings is 2. The van der Waals surface area contributed by atoms with Crippen molar-refractivity contribution in [3.63, 3.8) is 0 Å². The van der Waals surface area contributed by atoms with Gasteiger partial charge in [0.05, 0.1) is 19.6 Å². The smallest absolute Gasteiger partial charge is 0.348 e. The van der Waals surface area contributed by atoms with E-state index in [1.807, 2.05) is 36.4 Å². The van der Waals surface area contributed by atoms with E-state index in [0.717, 1.165) is 49.9 Å². The van der Waals surface area contributed by atoms with Gasteiger partial charge in [-0.25, -0.2) is 4.79 Å². The van der Waals surface area contributed by atoms with Crippen molar-refractivity contribution >= 4 is 11.9 Å². The summed E-state index contributed by atoms with van der Waals surface area (Å²) >= 11 is 0. The fourth-order valence-electron chi connectivity index (χ4n) is 5.86. The zero-order valence-corrected chi connectivity index (χ0v) is 21.0. The van der Waals surface area contributed by atoms with Crippen LogP contribution in [0, 0.1) is 5.92 Å². The number of esters is 1. The fraction of sp³-hybridized carbons (Fsp3) is 0.367. The summed E-state index contributed by atoms with van der Waals surface area (Å²) in [7, 11) is 0. The maximum absolute atomic E-state index is 13.7. The van der Waals surface area contributed by atoms with Gasteiger partial charge in [-0.05, 0) is 23.3 Å². The van der Waals surface area contributed by atoms with Gasteiger partial charge in [0.1, 0.15) is 12.2 Å². The van der Waals surface area contributed by atoms with Gasteiger partial charge in [0.2, 0.25) is 5.60 Å². The van der Waals surface area contributed by atoms with Gasteiger partial charge in [0.15, 0.2) is 6.10 Å². The number of rotatable bonds is 9. The third kappa shape index (κ3) is 5.29. The molecule has 1 atom stereocenters. The van der Waals surface area contributed by atoms with E-state index < -0.39 is 11.6 Å². The summed E-state index contributed by atoms with van der Waals surface area (Å²) in [6.07, 6.45) is 4.20. The van der Waals surface area contributed by atoms with Crippen LogP contribution in [0.15, 0.2) is 85.1 Å². The van der Waals surface area contributed by atoms with Gasteiger partial charge >= 0.3 is 5.97 Å². The Morgan fingerprint density at radius 1 is 0.946 bits per heavy atom. The third-order valence-electron chi connectivity index (χ3n) is 7.97. The summed E-state index contributed by atoms with van der Waals surface area (Å²) in [6, 6.07) is 23.3. The van der Waals surface area contributed by atoms with Crippen LogP contribution in [-0.2, 0) is 15.1 Å². The Balaban J connectivity index is 1.24. The number of pyridine rings is 1. The monoisotopic (exact) mass is 500 g/mol. The maximum atomic E-state index is 13.7. The number of ether oxygens (including phenoxy) is 1. The number of carbonyl (C=O) groups excluding carboxylic acids is 2. The number of quaternary nitrogens is 1. The van der Waals surface area contributed by atoms with Crippen molar-refractivity contribution in [3.8, 4) is 0 Å². The van der Waals surface area contributed by atoms with Crippen molar-refractivity contribution < 1.29 is 23.9 Å². The first-order valence-corrected chi connectivity index (χ1v) is 13.1. The van der Waals surface area contributed by atoms with E-state index in [-0.39, 0.29) is 12.0 Å². The molecule has 0 radical (unpaired) electrons. The molecule has 0 unspecified atom stereocenters. The summed E-state index contributed by atoms with van der Waals surface area (Å²) in [4.78, 5) is 30.0. The second kappa shape index (κ2) is 10.8. The van der Waals surface area contributed by atoms with E-state index in [1.165, 1.54) is 0 Å². The van der Waals surface area contributed by atoms with E-state index in [9.17, 15) is 14.7 Å². The quantitative estimate of drug-likeness (QED) is 0.267. The molecule has 3 aromatic rings. The van der Waals surface area contributed by atoms with Crippen LogP contribution in [0.3, 0.4) is 0 Å². The standard InChI is InChI=1S/C30H33N3O4/c34-28(26-14-7-8-17-31-26)32-18-9-19-33-20-15-23(16-21-33)27(22-33)37-29(35)30(36,24-10-3-1-4-11-24)25-12-5-2-6-13-25/h1-8,10-14,17,23,27,36H,9,15-16,18-22H2/p+1/t23?,27-,33?/m0/s1. The van der Waals surface area contributed by atoms with Crippen LogP contribution in [0.5, 0.6) is 0 Å². The maximum Gasteiger partial charge on any atom is 0.348 e. The molecule has 37 heavy (non-hydrogen) atoms. The average Bonchev–Trinajstić information content (AvgIpc) is 2.96. The molecule has 0 spiro atoms. The zero-order chi connectivity index (χ0) is 25.7. The van der Waals surface area contributed by atoms with E-state index in [2.05, 4.69) is 10.3 Å². The molecule has 1 amide bonds. The number of nitrogens with zero attached hydrogens (tertiary/aromatic N) is 2. The van der Waals surface area contributed by atoms with Gasteiger partial charge < -0.3 is 19.6 Å². The minimum atomic E-state index is -1.87. The van der Waals surface area contributed by atoms with Crippen molar-refractivity contribution in [1.29, 1.82) is 0 Å². The SMILES string of the molecule is O=C(NCCC[N+]12CCC(CC1)[C@@H](OC(=O)C(O)(c1ccccc1)c1ccccc1)C2)c1ccccn1. The number of amides is 1. The van der Waals surface area contributed by atoms with Crippen molar-refractivity contribution in [1.82, 2.24) is 10.3 Å². The first kappa shape index (κ1) is 25.1. The van der Waals surface area contributed by atoms with E-state index in [0.29, 0.717) is 29.3 Å². The van der Waals surface area contributed by atoms with Crippen LogP contribution in [0.1, 0.15) is 40.9 Å². The number of fused-ring (bicyclic) bond motifs is 3. The van der Waals surface area contributed by atoms with Gasteiger partial charge in [0, 0.05) is 37.9 Å². The molecule has 4 heterocycles. The van der Waals surface area contributed by atoms with Gasteiger partial charge in [0.25, 0.3) is 5.91 Å². The van der Waals surface area contributed by atoms with E-state index in [1.54, 1.807) is 48.7 Å². The number of aromatic nitrogens is 1. The highest BCUT2D eigenvalue weighted by molar-refractivity contribution is 5.92. The molecule has 1 aromatic heterocycles. The lowest BCUT2D eigenvalue weighted by Crippen LogP contribution is -2.65. The van der Waals surface area contributed by atoms with Gasteiger partial charge in [-0.15, -0.1) is 0 Å². The van der Waals surface area contributed by atoms with Crippen molar-refractivity contribution in [2.75, 3.05) is 32.7 Å². The molecular formula is C30H34N3O4+. The average molecular weight is 501 g/mol. The Bertz CT molecular complexity index is 1160. The molecule has 3 saturated heterocycles. The summed E-state index contributed by atoms with van der Waals surface area (Å²) in [6.45, 7) is 4.32. The first-order chi connectivity index (χ1) is 18.0. The molecule has 3 fully saturated rings. The summed E-state index contributed by atoms with van der Waals surface area (Å²) < 4.78 is 7.02. The Labute approximate surface area is 217 Å². The Kier molecular flexibility index (Phi) is 7.35. The zero-order valence-electron chi connectivity index (χ0n) is 21.0. The molecule has 3 aliphatic heterocycles. The fourth-order valence-corrected chi connectivity index (χ4v) is 5.86. The molecule has 2 aromatic carbocycles. The van der Waals surface area contributed by atoms with Crippen LogP contribution >= 0.6 is 0 Å². The molecule has 0 aliphatic carbocycles. The van der Waals surface area contributed by atoms with Crippen molar-refractivity contribution in [2.45, 2.75) is 31.0 Å². The minimum Gasteiger partial charge on any atom is -0.453 e. The van der Waals surface area contributed by atoms with Crippen LogP contribution in [0.2, 0.25) is 0 Å². The van der Waals surface area contributed by atoms with Crippen LogP contribution in [-0.4, -0.2) is 65.3 Å². The second-order valence-electron chi connectivity index (χ2n) is 10.2. The largest absolute Gasteiger partial charge is 0.453 e. The second-order valence-corrected chi connectivity index (χ2v) is 10.2. The van der Waals surface area contributed by atoms with Crippen LogP contribution in [0.25, 0.3) is 0 Å². The molecule has 0 saturated carbocycles. The number of hydrogen-bond acceptors (Lipinski definition) is 5. The number of carbonyl (C=O) groups is 2. The predicted molar refractivity (Wildman–Crippen MR) is 139 cm³/mol. The summed E-state index contributed by atoms with van der Waals surface area (Å²) in [5.41, 5.74) is -0.445. The molecule has 7 heteroatoms. The lowest BCUT2D eigenvalue weighted by Gasteiger charge is -2.52. The van der Waals surface area contributed by atoms with Gasteiger partial charge in [-0.2, -0.15) is 0 Å². The highest BCUT2D eigenvalue weighted by atomic mass is 16.6. The number of aliphatic hydroxyl groups is 1. The highest BCUT2D eigenvalue weighted by Crippen LogP contribution is 2.38. The summed E-state index contributed by atoms with van der Waals surface area (Å²) in [5.74, 6) is -0.473. The van der Waals surface area contributed by atoms with Gasteiger partial charge in [-0.3, -0.25) is 9.78 Å². The predicted octanol–water partition coefficient (Wildman–Crippen LogP) is 3.29. The summed E-state index contributed by atoms with van der Waals surface area (Å²) in [5, 5.41) is 14.7. The first-order valence-electron chi connectivity index (χ1n) is 13.1. The number of nitrogens with one attached hydrogen (secondary N) is 1. The molecule has 6 rings (SSSR count). The van der Waals surface area contributed by atoms with E-state index >= 15 is 0 Å². The van der Waals surface area contributed by atoms with Gasteiger partial charge in [-0.1, -0.05) is 66.7 Å². The van der Waals surface area contributed by atoms with Crippen LogP contribution < -0.4 is 5.32 Å². The molecule has 2 bridgehead atoms. The molecular weight excluding hydrogens is 466 g/mol. The Morgan fingerprint density at radius 2 is 1.57 bits per heavy atom. The van der Waals surface area contributed by atoms with Crippen molar-refractivity contribution in [2.24, 2.45) is 5.92 Å². The Hall–Kier alpha value is -3.55. The molecule has 2 N–H and O–H groups in total. The molecule has 192 valence electrons. The topological polar surface area (TPSA) is 88.5 Å². The van der Waals surface area contributed by atoms with Crippen molar-refractivity contribution in [3.05, 3.63) is 102 Å². The van der Waals surface area contributed by atoms with Crippen LogP contribution in [0.4, 0.5) is 0 Å². The van der Waals surface area contributed by atoms with E-state index in [4.69, 9.17) is 4.74 Å². The lowest BCUT2D eigenvalue weighted by molar-refractivity contribution is -0.946. The third-order valence-corrected chi connectivity index (χ3v) is 7.97. The molecule has 7 nitrogen and oxygen atoms in total. The molecule has 3 aliphatic rings. The Morgan fingerprint density at radius 3 is 2.16 bits per heavy atom. The minimum absolute atomic E-state index is 0.161. The lowest BCUT2D eigenvalue weighted by atomic mass is 9.82.